The number of aliphatic hydroxyl groups excluding tert-OH is 5. The molecule has 0 aromatic carbocycles. The fraction of sp³-hybridized carbons (Fsp3) is 0.652. The molecular formula is C66H109NO8. The van der Waals surface area contributed by atoms with Gasteiger partial charge in [0.2, 0.25) is 5.91 Å². The first-order valence-electron chi connectivity index (χ1n) is 29.9. The van der Waals surface area contributed by atoms with Crippen molar-refractivity contribution in [2.45, 2.75) is 262 Å². The molecule has 7 unspecified atom stereocenters. The molecule has 1 amide bonds. The highest BCUT2D eigenvalue weighted by molar-refractivity contribution is 5.76. The van der Waals surface area contributed by atoms with Gasteiger partial charge < -0.3 is 40.3 Å². The highest BCUT2D eigenvalue weighted by Crippen LogP contribution is 2.23. The number of hydrogen-bond acceptors (Lipinski definition) is 8. The number of ether oxygens (including phenoxy) is 2. The molecule has 1 rings (SSSR count). The Kier molecular flexibility index (Phi) is 49.7. The number of carbonyl (C=O) groups excluding carboxylic acids is 1. The van der Waals surface area contributed by atoms with Crippen molar-refractivity contribution in [3.05, 3.63) is 134 Å². The third kappa shape index (κ3) is 43.1. The molecule has 0 aromatic heterocycles. The van der Waals surface area contributed by atoms with Crippen molar-refractivity contribution in [1.29, 1.82) is 0 Å². The third-order valence-electron chi connectivity index (χ3n) is 13.2. The van der Waals surface area contributed by atoms with E-state index in [-0.39, 0.29) is 12.5 Å². The molecule has 9 nitrogen and oxygen atoms in total. The standard InChI is InChI=1S/C66H109NO8/c1-3-5-7-9-11-13-15-17-18-19-20-21-22-23-24-25-26-27-28-29-30-31-32-33-34-35-36-37-38-39-40-41-42-44-46-48-50-52-54-56-62(70)67-59(58-74-66-65(73)64(72)63(71)61(57-68)75-66)60(69)55-53-51-49-47-45-43-16-14-12-10-8-6-4-2/h5,7,11,13,17-18,20-21,23-24,26-27,29-30,32-33,35-36,38-39,53,55,59-61,63-66,68-69,71-73H,3-4,6,8-10,12,14-16,19,22,25,28,31,34,37,40-52,54,56-58H2,1-2H3,(H,67,70)/b7-5-,13-11-,18-17-,21-20-,24-23-,27-26-,30-29-,33-32-,36-35-,39-38-,55-53+. The van der Waals surface area contributed by atoms with E-state index >= 15 is 0 Å². The van der Waals surface area contributed by atoms with Gasteiger partial charge in [-0.2, -0.15) is 0 Å². The lowest BCUT2D eigenvalue weighted by atomic mass is 9.99. The van der Waals surface area contributed by atoms with Gasteiger partial charge in [-0.25, -0.2) is 0 Å². The summed E-state index contributed by atoms with van der Waals surface area (Å²) < 4.78 is 11.2. The van der Waals surface area contributed by atoms with Crippen LogP contribution in [0.25, 0.3) is 0 Å². The van der Waals surface area contributed by atoms with E-state index in [1.807, 2.05) is 6.08 Å². The van der Waals surface area contributed by atoms with Crippen LogP contribution in [-0.2, 0) is 14.3 Å². The van der Waals surface area contributed by atoms with Gasteiger partial charge in [0.1, 0.15) is 24.4 Å². The van der Waals surface area contributed by atoms with E-state index in [9.17, 15) is 30.3 Å². The number of allylic oxidation sites excluding steroid dienone is 21. The lowest BCUT2D eigenvalue weighted by molar-refractivity contribution is -0.302. The van der Waals surface area contributed by atoms with Crippen molar-refractivity contribution in [2.24, 2.45) is 0 Å². The smallest absolute Gasteiger partial charge is 0.220 e. The molecule has 1 aliphatic rings. The summed E-state index contributed by atoms with van der Waals surface area (Å²) >= 11 is 0. The summed E-state index contributed by atoms with van der Waals surface area (Å²) in [4.78, 5) is 13.0. The summed E-state index contributed by atoms with van der Waals surface area (Å²) in [5, 5.41) is 54.4. The van der Waals surface area contributed by atoms with Gasteiger partial charge in [0.15, 0.2) is 6.29 Å². The van der Waals surface area contributed by atoms with Crippen LogP contribution in [0.15, 0.2) is 134 Å². The van der Waals surface area contributed by atoms with Gasteiger partial charge in [-0.15, -0.1) is 0 Å². The molecule has 6 N–H and O–H groups in total. The molecule has 1 saturated heterocycles. The van der Waals surface area contributed by atoms with Crippen LogP contribution >= 0.6 is 0 Å². The molecule has 1 heterocycles. The summed E-state index contributed by atoms with van der Waals surface area (Å²) in [7, 11) is 0. The van der Waals surface area contributed by atoms with Crippen molar-refractivity contribution < 1.29 is 39.8 Å². The Hall–Kier alpha value is -3.67. The number of carbonyl (C=O) groups is 1. The quantitative estimate of drug-likeness (QED) is 0.0261. The summed E-state index contributed by atoms with van der Waals surface area (Å²) in [6.07, 6.45) is 75.2. The molecule has 0 aromatic rings. The van der Waals surface area contributed by atoms with Crippen LogP contribution in [0.2, 0.25) is 0 Å². The number of amides is 1. The maximum atomic E-state index is 13.0. The van der Waals surface area contributed by atoms with Crippen molar-refractivity contribution in [2.75, 3.05) is 13.2 Å². The Labute approximate surface area is 458 Å². The highest BCUT2D eigenvalue weighted by Gasteiger charge is 2.44. The number of aliphatic hydroxyl groups is 5. The normalized spacial score (nSPS) is 19.9. The van der Waals surface area contributed by atoms with Gasteiger partial charge >= 0.3 is 0 Å². The molecule has 0 saturated carbocycles. The van der Waals surface area contributed by atoms with Gasteiger partial charge in [0.25, 0.3) is 0 Å². The Morgan fingerprint density at radius 3 is 1.23 bits per heavy atom. The van der Waals surface area contributed by atoms with Crippen LogP contribution < -0.4 is 5.32 Å². The molecule has 0 spiro atoms. The largest absolute Gasteiger partial charge is 0.394 e. The average Bonchev–Trinajstić information content (AvgIpc) is 3.41. The monoisotopic (exact) mass is 1040 g/mol. The fourth-order valence-electron chi connectivity index (χ4n) is 8.54. The van der Waals surface area contributed by atoms with Crippen LogP contribution in [0, 0.1) is 0 Å². The molecular weight excluding hydrogens is 935 g/mol. The van der Waals surface area contributed by atoms with E-state index in [0.29, 0.717) is 6.42 Å². The lowest BCUT2D eigenvalue weighted by Crippen LogP contribution is -2.60. The SMILES string of the molecule is CC/C=C\C/C=C\C/C=C\C/C=C\C/C=C\C/C=C\C/C=C\C/C=C\C/C=C\C/C=C\CCCCCCCCCCC(=O)NC(COC1OC(CO)C(O)C(O)C1O)C(O)/C=C/CCCCCCCCCCCCC. The average molecular weight is 1040 g/mol. The summed E-state index contributed by atoms with van der Waals surface area (Å²) in [6, 6.07) is -0.818. The Bertz CT molecular complexity index is 1640. The van der Waals surface area contributed by atoms with Crippen LogP contribution in [0.3, 0.4) is 0 Å². The fourth-order valence-corrected chi connectivity index (χ4v) is 8.54. The maximum Gasteiger partial charge on any atom is 0.220 e. The van der Waals surface area contributed by atoms with Crippen LogP contribution in [0.5, 0.6) is 0 Å². The minimum absolute atomic E-state index is 0.192. The predicted octanol–water partition coefficient (Wildman–Crippen LogP) is 15.3. The number of nitrogens with one attached hydrogen (secondary N) is 1. The van der Waals surface area contributed by atoms with E-state index in [0.717, 1.165) is 116 Å². The van der Waals surface area contributed by atoms with E-state index in [2.05, 4.69) is 141 Å². The molecule has 75 heavy (non-hydrogen) atoms. The number of rotatable bonds is 49. The zero-order valence-electron chi connectivity index (χ0n) is 47.2. The molecule has 1 aliphatic heterocycles. The highest BCUT2D eigenvalue weighted by atomic mass is 16.7. The second-order valence-electron chi connectivity index (χ2n) is 20.1. The first-order valence-corrected chi connectivity index (χ1v) is 29.9. The topological polar surface area (TPSA) is 149 Å². The Balaban J connectivity index is 2.16. The number of hydrogen-bond donors (Lipinski definition) is 6. The van der Waals surface area contributed by atoms with E-state index in [1.54, 1.807) is 6.08 Å². The van der Waals surface area contributed by atoms with Gasteiger partial charge in [-0.1, -0.05) is 250 Å². The maximum absolute atomic E-state index is 13.0. The molecule has 0 radical (unpaired) electrons. The van der Waals surface area contributed by atoms with Gasteiger partial charge in [0, 0.05) is 6.42 Å². The molecule has 0 bridgehead atoms. The van der Waals surface area contributed by atoms with Crippen LogP contribution in [0.4, 0.5) is 0 Å². The summed E-state index contributed by atoms with van der Waals surface area (Å²) in [5.41, 5.74) is 0. The lowest BCUT2D eigenvalue weighted by Gasteiger charge is -2.40. The van der Waals surface area contributed by atoms with Gasteiger partial charge in [-0.3, -0.25) is 4.79 Å². The molecule has 9 heteroatoms. The second kappa shape index (κ2) is 53.7. The number of unbranched alkanes of at least 4 members (excludes halogenated alkanes) is 19. The zero-order valence-corrected chi connectivity index (χ0v) is 47.2. The molecule has 7 atom stereocenters. The zero-order chi connectivity index (χ0) is 54.3. The summed E-state index contributed by atoms with van der Waals surface area (Å²) in [6.45, 7) is 3.64. The summed E-state index contributed by atoms with van der Waals surface area (Å²) in [5.74, 6) is -0.192. The van der Waals surface area contributed by atoms with Crippen molar-refractivity contribution in [3.63, 3.8) is 0 Å². The molecule has 426 valence electrons. The predicted molar refractivity (Wildman–Crippen MR) is 317 cm³/mol. The molecule has 1 fully saturated rings. The Morgan fingerprint density at radius 1 is 0.467 bits per heavy atom. The van der Waals surface area contributed by atoms with Crippen LogP contribution in [0.1, 0.15) is 219 Å². The molecule has 0 aliphatic carbocycles. The van der Waals surface area contributed by atoms with Crippen molar-refractivity contribution in [3.8, 4) is 0 Å². The minimum atomic E-state index is -1.57. The van der Waals surface area contributed by atoms with Gasteiger partial charge in [-0.05, 0) is 96.3 Å². The van der Waals surface area contributed by atoms with Gasteiger partial charge in [0.05, 0.1) is 25.4 Å². The van der Waals surface area contributed by atoms with E-state index in [4.69, 9.17) is 9.47 Å². The third-order valence-corrected chi connectivity index (χ3v) is 13.2. The van der Waals surface area contributed by atoms with E-state index < -0.39 is 49.5 Å². The Morgan fingerprint density at radius 2 is 0.827 bits per heavy atom. The minimum Gasteiger partial charge on any atom is -0.394 e. The first-order chi connectivity index (χ1) is 36.8. The first kappa shape index (κ1) is 69.3. The van der Waals surface area contributed by atoms with Crippen LogP contribution in [-0.4, -0.2) is 87.5 Å². The van der Waals surface area contributed by atoms with E-state index in [1.165, 1.54) is 83.5 Å². The second-order valence-corrected chi connectivity index (χ2v) is 20.1. The van der Waals surface area contributed by atoms with Crippen molar-refractivity contribution >= 4 is 5.91 Å². The van der Waals surface area contributed by atoms with Crippen molar-refractivity contribution in [1.82, 2.24) is 5.32 Å².